The van der Waals surface area contributed by atoms with Crippen LogP contribution in [0.1, 0.15) is 39.0 Å². The van der Waals surface area contributed by atoms with Crippen molar-refractivity contribution in [2.45, 2.75) is 51.2 Å². The van der Waals surface area contributed by atoms with Crippen LogP contribution in [0.5, 0.6) is 0 Å². The molecule has 92 valence electrons. The third kappa shape index (κ3) is 2.98. The maximum atomic E-state index is 5.81. The van der Waals surface area contributed by atoms with Crippen molar-refractivity contribution in [3.05, 3.63) is 11.8 Å². The number of hydrogen-bond donors (Lipinski definition) is 1. The fourth-order valence-electron chi connectivity index (χ4n) is 2.48. The van der Waals surface area contributed by atoms with Gasteiger partial charge >= 0.3 is 0 Å². The van der Waals surface area contributed by atoms with Crippen molar-refractivity contribution in [3.63, 3.8) is 0 Å². The average molecular weight is 225 g/mol. The maximum absolute atomic E-state index is 5.81. The van der Waals surface area contributed by atoms with E-state index in [1.165, 1.54) is 18.4 Å². The van der Waals surface area contributed by atoms with Crippen molar-refractivity contribution in [1.29, 1.82) is 0 Å². The molecule has 1 saturated heterocycles. The van der Waals surface area contributed by atoms with Crippen LogP contribution >= 0.6 is 0 Å². The minimum atomic E-state index is 0.361. The van der Waals surface area contributed by atoms with Crippen molar-refractivity contribution >= 4 is 0 Å². The largest absolute Gasteiger partial charge is 0.501 e. The predicted molar refractivity (Wildman–Crippen MR) is 64.3 cm³/mol. The minimum absolute atomic E-state index is 0.361. The zero-order chi connectivity index (χ0) is 11.2. The Balaban J connectivity index is 1.97. The first-order valence-corrected chi connectivity index (χ1v) is 6.57. The van der Waals surface area contributed by atoms with Gasteiger partial charge in [0.25, 0.3) is 0 Å². The van der Waals surface area contributed by atoms with Crippen molar-refractivity contribution in [2.24, 2.45) is 0 Å². The summed E-state index contributed by atoms with van der Waals surface area (Å²) in [6.45, 7) is 5.05. The zero-order valence-corrected chi connectivity index (χ0v) is 10.2. The quantitative estimate of drug-likeness (QED) is 0.778. The molecular weight excluding hydrogens is 202 g/mol. The monoisotopic (exact) mass is 225 g/mol. The van der Waals surface area contributed by atoms with Gasteiger partial charge in [-0.15, -0.1) is 0 Å². The number of rotatable bonds is 5. The predicted octanol–water partition coefficient (Wildman–Crippen LogP) is 2.23. The highest BCUT2D eigenvalue weighted by molar-refractivity contribution is 5.13. The molecule has 2 heterocycles. The van der Waals surface area contributed by atoms with Gasteiger partial charge in [-0.2, -0.15) is 0 Å². The Morgan fingerprint density at radius 2 is 2.38 bits per heavy atom. The second-order valence-corrected chi connectivity index (χ2v) is 4.65. The second kappa shape index (κ2) is 6.26. The Kier molecular flexibility index (Phi) is 4.67. The van der Waals surface area contributed by atoms with Crippen LogP contribution in [0.4, 0.5) is 0 Å². The molecule has 2 atom stereocenters. The van der Waals surface area contributed by atoms with E-state index >= 15 is 0 Å². The fraction of sp³-hybridized carbons (Fsp3) is 0.846. The van der Waals surface area contributed by atoms with Gasteiger partial charge in [0, 0.05) is 6.61 Å². The third-order valence-corrected chi connectivity index (χ3v) is 3.31. The van der Waals surface area contributed by atoms with Crippen LogP contribution in [-0.2, 0) is 9.47 Å². The molecule has 0 aliphatic carbocycles. The van der Waals surface area contributed by atoms with E-state index in [0.717, 1.165) is 39.0 Å². The van der Waals surface area contributed by atoms with Gasteiger partial charge in [0.15, 0.2) is 0 Å². The Morgan fingerprint density at radius 1 is 1.44 bits per heavy atom. The summed E-state index contributed by atoms with van der Waals surface area (Å²) in [5, 5.41) is 3.61. The third-order valence-electron chi connectivity index (χ3n) is 3.31. The van der Waals surface area contributed by atoms with Gasteiger partial charge in [-0.25, -0.2) is 0 Å². The summed E-state index contributed by atoms with van der Waals surface area (Å²) in [7, 11) is 0. The average Bonchev–Trinajstić information content (AvgIpc) is 2.85. The number of hydrogen-bond acceptors (Lipinski definition) is 3. The molecular formula is C13H23NO2. The lowest BCUT2D eigenvalue weighted by Gasteiger charge is -2.28. The van der Waals surface area contributed by atoms with E-state index < -0.39 is 0 Å². The van der Waals surface area contributed by atoms with E-state index in [2.05, 4.69) is 12.2 Å². The summed E-state index contributed by atoms with van der Waals surface area (Å²) in [5.41, 5.74) is 1.40. The molecule has 0 aromatic carbocycles. The Hall–Kier alpha value is -0.540. The summed E-state index contributed by atoms with van der Waals surface area (Å²) in [5.74, 6) is 0. The molecule has 0 radical (unpaired) electrons. The van der Waals surface area contributed by atoms with E-state index in [0.29, 0.717) is 12.1 Å². The molecule has 1 fully saturated rings. The molecule has 0 aromatic heterocycles. The molecule has 3 nitrogen and oxygen atoms in total. The summed E-state index contributed by atoms with van der Waals surface area (Å²) < 4.78 is 11.3. The topological polar surface area (TPSA) is 30.5 Å². The van der Waals surface area contributed by atoms with Gasteiger partial charge in [-0.1, -0.05) is 6.92 Å². The molecule has 16 heavy (non-hydrogen) atoms. The Bertz CT molecular complexity index is 234. The SMILES string of the molecule is CCCNC(C1=COCCC1)C1CCCO1. The molecule has 2 aliphatic heterocycles. The van der Waals surface area contributed by atoms with Crippen LogP contribution in [-0.4, -0.2) is 31.9 Å². The minimum Gasteiger partial charge on any atom is -0.501 e. The molecule has 1 N–H and O–H groups in total. The van der Waals surface area contributed by atoms with Crippen molar-refractivity contribution in [1.82, 2.24) is 5.32 Å². The van der Waals surface area contributed by atoms with Crippen LogP contribution in [0.3, 0.4) is 0 Å². The Labute approximate surface area is 98.2 Å². The van der Waals surface area contributed by atoms with Crippen molar-refractivity contribution in [2.75, 3.05) is 19.8 Å². The van der Waals surface area contributed by atoms with Gasteiger partial charge in [-0.3, -0.25) is 0 Å². The van der Waals surface area contributed by atoms with Crippen LogP contribution in [0.2, 0.25) is 0 Å². The van der Waals surface area contributed by atoms with Crippen molar-refractivity contribution < 1.29 is 9.47 Å². The lowest BCUT2D eigenvalue weighted by Crippen LogP contribution is -2.42. The zero-order valence-electron chi connectivity index (χ0n) is 10.2. The van der Waals surface area contributed by atoms with Crippen LogP contribution in [0.15, 0.2) is 11.8 Å². The van der Waals surface area contributed by atoms with Gasteiger partial charge in [0.05, 0.1) is 25.0 Å². The highest BCUT2D eigenvalue weighted by Gasteiger charge is 2.29. The normalized spacial score (nSPS) is 27.3. The lowest BCUT2D eigenvalue weighted by molar-refractivity contribution is 0.0837. The van der Waals surface area contributed by atoms with Crippen LogP contribution in [0.25, 0.3) is 0 Å². The summed E-state index contributed by atoms with van der Waals surface area (Å²) in [6, 6.07) is 0.378. The van der Waals surface area contributed by atoms with Crippen LogP contribution in [0, 0.1) is 0 Å². The Morgan fingerprint density at radius 3 is 3.00 bits per heavy atom. The summed E-state index contributed by atoms with van der Waals surface area (Å²) in [4.78, 5) is 0. The summed E-state index contributed by atoms with van der Waals surface area (Å²) >= 11 is 0. The molecule has 0 bridgehead atoms. The molecule has 0 amide bonds. The van der Waals surface area contributed by atoms with E-state index in [9.17, 15) is 0 Å². The second-order valence-electron chi connectivity index (χ2n) is 4.65. The lowest BCUT2D eigenvalue weighted by atomic mass is 9.95. The molecule has 3 heteroatoms. The van der Waals surface area contributed by atoms with Crippen molar-refractivity contribution in [3.8, 4) is 0 Å². The van der Waals surface area contributed by atoms with E-state index in [4.69, 9.17) is 9.47 Å². The highest BCUT2D eigenvalue weighted by Crippen LogP contribution is 2.25. The number of nitrogens with one attached hydrogen (secondary N) is 1. The standard InChI is InChI=1S/C13H23NO2/c1-2-7-14-13(12-6-4-9-16-12)11-5-3-8-15-10-11/h10,12-14H,2-9H2,1H3. The molecule has 2 rings (SSSR count). The smallest absolute Gasteiger partial charge is 0.0876 e. The molecule has 0 saturated carbocycles. The fourth-order valence-corrected chi connectivity index (χ4v) is 2.48. The van der Waals surface area contributed by atoms with E-state index in [1.807, 2.05) is 6.26 Å². The number of ether oxygens (including phenoxy) is 2. The maximum Gasteiger partial charge on any atom is 0.0876 e. The van der Waals surface area contributed by atoms with Crippen LogP contribution < -0.4 is 5.32 Å². The highest BCUT2D eigenvalue weighted by atomic mass is 16.5. The molecule has 0 spiro atoms. The molecule has 0 aromatic rings. The van der Waals surface area contributed by atoms with Gasteiger partial charge < -0.3 is 14.8 Å². The van der Waals surface area contributed by atoms with E-state index in [1.54, 1.807) is 0 Å². The van der Waals surface area contributed by atoms with Gasteiger partial charge in [0.1, 0.15) is 0 Å². The van der Waals surface area contributed by atoms with Gasteiger partial charge in [0.2, 0.25) is 0 Å². The first kappa shape index (κ1) is 11.9. The first-order chi connectivity index (χ1) is 7.92. The first-order valence-electron chi connectivity index (χ1n) is 6.57. The molecule has 2 unspecified atom stereocenters. The summed E-state index contributed by atoms with van der Waals surface area (Å²) in [6.07, 6.45) is 8.15. The van der Waals surface area contributed by atoms with Gasteiger partial charge in [-0.05, 0) is 44.2 Å². The van der Waals surface area contributed by atoms with E-state index in [-0.39, 0.29) is 0 Å². The molecule has 2 aliphatic rings.